The average Bonchev–Trinajstić information content (AvgIpc) is 3.14. The van der Waals surface area contributed by atoms with E-state index in [9.17, 15) is 0 Å². The quantitative estimate of drug-likeness (QED) is 0.771. The summed E-state index contributed by atoms with van der Waals surface area (Å²) in [4.78, 5) is 2.77. The molecule has 1 atom stereocenters. The topological polar surface area (TPSA) is 27.2 Å². The number of thiophene rings is 1. The number of rotatable bonds is 6. The highest BCUT2D eigenvalue weighted by Gasteiger charge is 2.30. The molecule has 0 saturated heterocycles. The molecular weight excluding hydrogens is 368 g/mol. The van der Waals surface area contributed by atoms with E-state index in [1.54, 1.807) is 11.3 Å². The molecule has 1 aliphatic carbocycles. The van der Waals surface area contributed by atoms with Gasteiger partial charge in [-0.25, -0.2) is 0 Å². The van der Waals surface area contributed by atoms with Crippen molar-refractivity contribution in [2.24, 2.45) is 0 Å². The summed E-state index contributed by atoms with van der Waals surface area (Å²) in [6, 6.07) is 4.29. The first kappa shape index (κ1) is 15.4. The third kappa shape index (κ3) is 3.47. The fourth-order valence-electron chi connectivity index (χ4n) is 2.56. The van der Waals surface area contributed by atoms with Crippen LogP contribution in [-0.2, 0) is 19.8 Å². The molecule has 2 heterocycles. The Bertz CT molecular complexity index is 683. The van der Waals surface area contributed by atoms with Gasteiger partial charge < -0.3 is 9.47 Å². The van der Waals surface area contributed by atoms with Gasteiger partial charge in [0.15, 0.2) is 6.67 Å². The Kier molecular flexibility index (Phi) is 4.63. The van der Waals surface area contributed by atoms with E-state index in [0.29, 0.717) is 5.92 Å². The van der Waals surface area contributed by atoms with Crippen molar-refractivity contribution < 1.29 is 4.90 Å². The van der Waals surface area contributed by atoms with Crippen molar-refractivity contribution >= 4 is 39.5 Å². The molecule has 2 aromatic rings. The zero-order chi connectivity index (χ0) is 15.0. The van der Waals surface area contributed by atoms with Gasteiger partial charge in [-0.2, -0.15) is 9.78 Å². The summed E-state index contributed by atoms with van der Waals surface area (Å²) in [5.74, 6) is 1.83. The Morgan fingerprint density at radius 3 is 2.81 bits per heavy atom. The summed E-state index contributed by atoms with van der Waals surface area (Å²) in [5, 5.41) is 4.78. The minimum atomic E-state index is 0.640. The van der Waals surface area contributed by atoms with Crippen molar-refractivity contribution in [2.75, 3.05) is 7.05 Å². The third-order valence-corrected chi connectivity index (χ3v) is 5.79. The van der Waals surface area contributed by atoms with Crippen molar-refractivity contribution in [3.05, 3.63) is 31.4 Å². The molecule has 2 aromatic heterocycles. The van der Waals surface area contributed by atoms with Crippen molar-refractivity contribution in [3.63, 3.8) is 0 Å². The van der Waals surface area contributed by atoms with E-state index in [-0.39, 0.29) is 0 Å². The van der Waals surface area contributed by atoms with Gasteiger partial charge in [-0.05, 0) is 60.0 Å². The molecule has 0 bridgehead atoms. The lowest BCUT2D eigenvalue weighted by molar-refractivity contribution is -0.917. The highest BCUT2D eigenvalue weighted by Crippen LogP contribution is 2.39. The van der Waals surface area contributed by atoms with E-state index >= 15 is 0 Å². The summed E-state index contributed by atoms with van der Waals surface area (Å²) in [5.41, 5.74) is 0. The number of hydrogen-bond donors (Lipinski definition) is 1. The van der Waals surface area contributed by atoms with Gasteiger partial charge in [0.25, 0.3) is 0 Å². The van der Waals surface area contributed by atoms with Crippen LogP contribution in [0.3, 0.4) is 0 Å². The predicted octanol–water partition coefficient (Wildman–Crippen LogP) is 2.81. The third-order valence-electron chi connectivity index (χ3n) is 3.73. The monoisotopic (exact) mass is 387 g/mol. The van der Waals surface area contributed by atoms with Crippen LogP contribution in [0.15, 0.2) is 15.9 Å². The summed E-state index contributed by atoms with van der Waals surface area (Å²) in [6.07, 6.45) is 2.52. The highest BCUT2D eigenvalue weighted by atomic mass is 79.9. The van der Waals surface area contributed by atoms with Crippen LogP contribution in [0, 0.1) is 4.77 Å². The number of quaternary nitrogens is 1. The summed E-state index contributed by atoms with van der Waals surface area (Å²) in [6.45, 7) is 4.88. The minimum Gasteiger partial charge on any atom is -0.314 e. The fourth-order valence-corrected chi connectivity index (χ4v) is 4.48. The van der Waals surface area contributed by atoms with E-state index in [2.05, 4.69) is 46.6 Å². The van der Waals surface area contributed by atoms with Crippen LogP contribution < -0.4 is 4.90 Å². The first-order valence-electron chi connectivity index (χ1n) is 7.31. The van der Waals surface area contributed by atoms with Crippen molar-refractivity contribution in [1.82, 2.24) is 14.3 Å². The van der Waals surface area contributed by atoms with E-state index in [0.717, 1.165) is 24.5 Å². The second-order valence-electron chi connectivity index (χ2n) is 5.66. The Labute approximate surface area is 142 Å². The van der Waals surface area contributed by atoms with Crippen LogP contribution in [0.1, 0.15) is 36.4 Å². The minimum absolute atomic E-state index is 0.640. The Morgan fingerprint density at radius 2 is 2.24 bits per heavy atom. The molecule has 0 radical (unpaired) electrons. The molecule has 0 amide bonds. The predicted molar refractivity (Wildman–Crippen MR) is 91.3 cm³/mol. The molecule has 1 fully saturated rings. The van der Waals surface area contributed by atoms with E-state index in [1.807, 2.05) is 4.68 Å². The Hall–Kier alpha value is -0.500. The zero-order valence-corrected chi connectivity index (χ0v) is 15.5. The molecule has 1 aliphatic rings. The normalized spacial score (nSPS) is 16.3. The molecule has 0 aromatic carbocycles. The van der Waals surface area contributed by atoms with Gasteiger partial charge in [-0.15, -0.1) is 11.3 Å². The van der Waals surface area contributed by atoms with Crippen LogP contribution in [0.2, 0.25) is 0 Å². The lowest BCUT2D eigenvalue weighted by Gasteiger charge is -2.12. The fraction of sp³-hybridized carbons (Fsp3) is 0.571. The zero-order valence-electron chi connectivity index (χ0n) is 12.3. The maximum absolute atomic E-state index is 5.59. The second kappa shape index (κ2) is 6.32. The van der Waals surface area contributed by atoms with E-state index in [1.165, 1.54) is 32.2 Å². The number of aromatic nitrogens is 3. The van der Waals surface area contributed by atoms with Gasteiger partial charge >= 0.3 is 0 Å². The van der Waals surface area contributed by atoms with Gasteiger partial charge in [0, 0.05) is 12.5 Å². The maximum atomic E-state index is 5.59. The number of hydrogen-bond acceptors (Lipinski definition) is 3. The lowest BCUT2D eigenvalue weighted by Crippen LogP contribution is -3.06. The standard InChI is InChI=1S/C14H19BrN4S2/c1-3-18-13(10-4-5-10)16-19(14(18)20)9-17(2)8-11-6-7-12(15)21-11/h6-7,10H,3-5,8-9H2,1-2H3/p+1. The molecule has 7 heteroatoms. The maximum Gasteiger partial charge on any atom is 0.202 e. The van der Waals surface area contributed by atoms with Crippen LogP contribution >= 0.6 is 39.5 Å². The molecule has 4 nitrogen and oxygen atoms in total. The van der Waals surface area contributed by atoms with Gasteiger partial charge in [-0.1, -0.05) is 0 Å². The first-order chi connectivity index (χ1) is 10.1. The van der Waals surface area contributed by atoms with Crippen LogP contribution in [0.4, 0.5) is 0 Å². The molecule has 114 valence electrons. The summed E-state index contributed by atoms with van der Waals surface area (Å²) < 4.78 is 6.26. The molecule has 1 unspecified atom stereocenters. The number of halogens is 1. The molecule has 3 rings (SSSR count). The lowest BCUT2D eigenvalue weighted by atomic mass is 10.4. The highest BCUT2D eigenvalue weighted by molar-refractivity contribution is 9.11. The molecule has 1 saturated carbocycles. The smallest absolute Gasteiger partial charge is 0.202 e. The first-order valence-corrected chi connectivity index (χ1v) is 9.33. The van der Waals surface area contributed by atoms with Crippen LogP contribution in [-0.4, -0.2) is 21.4 Å². The number of nitrogens with zero attached hydrogens (tertiary/aromatic N) is 3. The molecule has 0 spiro atoms. The Balaban J connectivity index is 1.73. The molecule has 1 N–H and O–H groups in total. The van der Waals surface area contributed by atoms with Gasteiger partial charge in [0.05, 0.1) is 15.7 Å². The van der Waals surface area contributed by atoms with E-state index in [4.69, 9.17) is 17.3 Å². The molecular formula is C14H20BrN4S2+. The van der Waals surface area contributed by atoms with Gasteiger partial charge in [-0.3, -0.25) is 0 Å². The second-order valence-corrected chi connectivity index (χ2v) is 8.57. The largest absolute Gasteiger partial charge is 0.314 e. The van der Waals surface area contributed by atoms with Crippen molar-refractivity contribution in [1.29, 1.82) is 0 Å². The molecule has 0 aliphatic heterocycles. The summed E-state index contributed by atoms with van der Waals surface area (Å²) in [7, 11) is 2.19. The van der Waals surface area contributed by atoms with Crippen molar-refractivity contribution in [2.45, 2.75) is 45.4 Å². The van der Waals surface area contributed by atoms with Crippen LogP contribution in [0.5, 0.6) is 0 Å². The molecule has 21 heavy (non-hydrogen) atoms. The van der Waals surface area contributed by atoms with Gasteiger partial charge in [0.1, 0.15) is 12.4 Å². The van der Waals surface area contributed by atoms with Crippen LogP contribution in [0.25, 0.3) is 0 Å². The Morgan fingerprint density at radius 1 is 1.48 bits per heavy atom. The van der Waals surface area contributed by atoms with Gasteiger partial charge in [0.2, 0.25) is 4.77 Å². The number of nitrogens with one attached hydrogen (secondary N) is 1. The summed E-state index contributed by atoms with van der Waals surface area (Å²) >= 11 is 10.9. The van der Waals surface area contributed by atoms with Crippen molar-refractivity contribution in [3.8, 4) is 0 Å². The average molecular weight is 388 g/mol. The van der Waals surface area contributed by atoms with E-state index < -0.39 is 0 Å². The SMILES string of the molecule is CCn1c(C2CC2)nn(C[NH+](C)Cc2ccc(Br)s2)c1=S.